The number of hydrogen-bond donors (Lipinski definition) is 4. The number of rotatable bonds is 14. The summed E-state index contributed by atoms with van der Waals surface area (Å²) in [4.78, 5) is 22.2. The molecular weight excluding hydrogens is 362 g/mol. The van der Waals surface area contributed by atoms with E-state index in [2.05, 4.69) is 0 Å². The first-order valence-corrected chi connectivity index (χ1v) is 9.87. The van der Waals surface area contributed by atoms with Gasteiger partial charge in [-0.15, -0.1) is 0 Å². The number of aliphatic carboxylic acids is 2. The highest BCUT2D eigenvalue weighted by atomic mass is 16.4. The van der Waals surface area contributed by atoms with Crippen LogP contribution >= 0.6 is 0 Å². The van der Waals surface area contributed by atoms with Crippen LogP contribution in [0.25, 0.3) is 0 Å². The Balaban J connectivity index is 0.000000521. The van der Waals surface area contributed by atoms with Crippen molar-refractivity contribution in [2.24, 2.45) is 0 Å². The summed E-state index contributed by atoms with van der Waals surface area (Å²) < 4.78 is 0. The van der Waals surface area contributed by atoms with Crippen molar-refractivity contribution in [2.75, 3.05) is 31.2 Å². The molecule has 1 rings (SSSR count). The van der Waals surface area contributed by atoms with Crippen molar-refractivity contribution in [2.45, 2.75) is 58.3 Å². The molecule has 0 bridgehead atoms. The first-order chi connectivity index (χ1) is 13.4. The average Bonchev–Trinajstić information content (AvgIpc) is 2.64. The molecule has 7 heteroatoms. The predicted molar refractivity (Wildman–Crippen MR) is 110 cm³/mol. The number of nitrogens with zero attached hydrogens (tertiary/aromatic N) is 1. The van der Waals surface area contributed by atoms with E-state index in [1.54, 1.807) is 0 Å². The van der Waals surface area contributed by atoms with Gasteiger partial charge in [-0.3, -0.25) is 9.59 Å². The van der Waals surface area contributed by atoms with Crippen LogP contribution in [0.4, 0.5) is 5.69 Å². The zero-order chi connectivity index (χ0) is 21.2. The Morgan fingerprint density at radius 3 is 1.50 bits per heavy atom. The fraction of sp³-hybridized carbons (Fsp3) is 0.619. The molecule has 0 saturated heterocycles. The lowest BCUT2D eigenvalue weighted by molar-refractivity contribution is -0.138. The lowest BCUT2D eigenvalue weighted by atomic mass is 10.1. The second-order valence-corrected chi connectivity index (χ2v) is 6.68. The van der Waals surface area contributed by atoms with E-state index < -0.39 is 11.9 Å². The summed E-state index contributed by atoms with van der Waals surface area (Å²) in [6.07, 6.45) is 5.82. The first-order valence-electron chi connectivity index (χ1n) is 9.87. The van der Waals surface area contributed by atoms with E-state index >= 15 is 0 Å². The van der Waals surface area contributed by atoms with Crippen LogP contribution in [0.3, 0.4) is 0 Å². The van der Waals surface area contributed by atoms with Crippen LogP contribution in [-0.4, -0.2) is 58.7 Å². The first kappa shape index (κ1) is 25.9. The summed E-state index contributed by atoms with van der Waals surface area (Å²) in [5.41, 5.74) is 2.25. The smallest absolute Gasteiger partial charge is 0.303 e. The Labute approximate surface area is 167 Å². The number of aryl methyl sites for hydroxylation is 1. The topological polar surface area (TPSA) is 118 Å². The van der Waals surface area contributed by atoms with E-state index in [1.807, 2.05) is 36.1 Å². The van der Waals surface area contributed by atoms with Crippen molar-refractivity contribution in [1.82, 2.24) is 0 Å². The maximum atomic E-state index is 10.1. The molecule has 0 radical (unpaired) electrons. The molecule has 0 aromatic heterocycles. The van der Waals surface area contributed by atoms with Gasteiger partial charge in [-0.1, -0.05) is 43.4 Å². The molecule has 0 spiro atoms. The molecule has 0 aliphatic rings. The van der Waals surface area contributed by atoms with Crippen LogP contribution in [0.15, 0.2) is 24.3 Å². The minimum atomic E-state index is -0.740. The van der Waals surface area contributed by atoms with Crippen LogP contribution in [0.2, 0.25) is 0 Å². The molecule has 0 atom stereocenters. The molecule has 160 valence electrons. The maximum absolute atomic E-state index is 10.1. The van der Waals surface area contributed by atoms with Crippen LogP contribution in [0.1, 0.15) is 56.9 Å². The lowest BCUT2D eigenvalue weighted by Gasteiger charge is -2.22. The van der Waals surface area contributed by atoms with Gasteiger partial charge in [0.15, 0.2) is 0 Å². The van der Waals surface area contributed by atoms with E-state index in [0.29, 0.717) is 13.1 Å². The molecule has 7 nitrogen and oxygen atoms in total. The standard InChI is InChI=1S/C11H17NO2.C10H18O4/c1-10-2-4-11(5-3-10)12(6-8-13)7-9-14;11-9(12)7-5-3-1-2-4-6-8-10(13)14/h2-5,13-14H,6-9H2,1H3;1-8H2,(H,11,12)(H,13,14). The molecule has 0 amide bonds. The third kappa shape index (κ3) is 15.0. The highest BCUT2D eigenvalue weighted by Gasteiger charge is 2.03. The molecular formula is C21H35NO6. The predicted octanol–water partition coefficient (Wildman–Crippen LogP) is 3.06. The SMILES string of the molecule is Cc1ccc(N(CCO)CCO)cc1.O=C(O)CCCCCCCCC(=O)O. The fourth-order valence-corrected chi connectivity index (χ4v) is 2.63. The van der Waals surface area contributed by atoms with Crippen LogP contribution < -0.4 is 4.90 Å². The number of aliphatic hydroxyl groups is 2. The fourth-order valence-electron chi connectivity index (χ4n) is 2.63. The largest absolute Gasteiger partial charge is 0.481 e. The van der Waals surface area contributed by atoms with Crippen molar-refractivity contribution in [1.29, 1.82) is 0 Å². The summed E-state index contributed by atoms with van der Waals surface area (Å²) >= 11 is 0. The van der Waals surface area contributed by atoms with Gasteiger partial charge in [-0.05, 0) is 31.9 Å². The van der Waals surface area contributed by atoms with Crippen molar-refractivity contribution in [3.63, 3.8) is 0 Å². The zero-order valence-corrected chi connectivity index (χ0v) is 16.8. The number of carboxylic acid groups (broad SMARTS) is 2. The highest BCUT2D eigenvalue weighted by molar-refractivity contribution is 5.66. The summed E-state index contributed by atoms with van der Waals surface area (Å²) in [6, 6.07) is 8.05. The minimum Gasteiger partial charge on any atom is -0.481 e. The molecule has 0 fully saturated rings. The quantitative estimate of drug-likeness (QED) is 0.356. The Morgan fingerprint density at radius 1 is 0.750 bits per heavy atom. The molecule has 28 heavy (non-hydrogen) atoms. The third-order valence-corrected chi connectivity index (χ3v) is 4.17. The van der Waals surface area contributed by atoms with Gasteiger partial charge in [0.25, 0.3) is 0 Å². The molecule has 1 aromatic carbocycles. The molecule has 1 aromatic rings. The van der Waals surface area contributed by atoms with Gasteiger partial charge < -0.3 is 25.3 Å². The van der Waals surface area contributed by atoms with E-state index in [0.717, 1.165) is 44.2 Å². The van der Waals surface area contributed by atoms with Crippen molar-refractivity contribution < 1.29 is 30.0 Å². The van der Waals surface area contributed by atoms with Crippen LogP contribution in [0, 0.1) is 6.92 Å². The average molecular weight is 398 g/mol. The van der Waals surface area contributed by atoms with Gasteiger partial charge in [-0.25, -0.2) is 0 Å². The Morgan fingerprint density at radius 2 is 1.14 bits per heavy atom. The summed E-state index contributed by atoms with van der Waals surface area (Å²) in [5, 5.41) is 34.4. The van der Waals surface area contributed by atoms with E-state index in [-0.39, 0.29) is 26.1 Å². The molecule has 4 N–H and O–H groups in total. The van der Waals surface area contributed by atoms with E-state index in [9.17, 15) is 9.59 Å². The highest BCUT2D eigenvalue weighted by Crippen LogP contribution is 2.14. The Kier molecular flexibility index (Phi) is 15.7. The summed E-state index contributed by atoms with van der Waals surface area (Å²) in [7, 11) is 0. The van der Waals surface area contributed by atoms with Crippen molar-refractivity contribution in [3.8, 4) is 0 Å². The van der Waals surface area contributed by atoms with Gasteiger partial charge in [0, 0.05) is 31.6 Å². The maximum Gasteiger partial charge on any atom is 0.303 e. The van der Waals surface area contributed by atoms with Crippen molar-refractivity contribution in [3.05, 3.63) is 29.8 Å². The molecule has 0 saturated carbocycles. The van der Waals surface area contributed by atoms with Crippen molar-refractivity contribution >= 4 is 17.6 Å². The minimum absolute atomic E-state index is 0.105. The number of aliphatic hydroxyl groups excluding tert-OH is 2. The summed E-state index contributed by atoms with van der Waals surface area (Å²) in [5.74, 6) is -1.48. The van der Waals surface area contributed by atoms with Crippen LogP contribution in [0.5, 0.6) is 0 Å². The second-order valence-electron chi connectivity index (χ2n) is 6.68. The summed E-state index contributed by atoms with van der Waals surface area (Å²) in [6.45, 7) is 3.36. The number of benzene rings is 1. The van der Waals surface area contributed by atoms with Crippen LogP contribution in [-0.2, 0) is 9.59 Å². The van der Waals surface area contributed by atoms with Gasteiger partial charge in [0.1, 0.15) is 0 Å². The monoisotopic (exact) mass is 397 g/mol. The number of carbonyl (C=O) groups is 2. The van der Waals surface area contributed by atoms with Gasteiger partial charge in [-0.2, -0.15) is 0 Å². The number of carboxylic acids is 2. The van der Waals surface area contributed by atoms with Gasteiger partial charge >= 0.3 is 11.9 Å². The molecule has 0 aliphatic heterocycles. The number of anilines is 1. The van der Waals surface area contributed by atoms with E-state index in [1.165, 1.54) is 5.56 Å². The lowest BCUT2D eigenvalue weighted by Crippen LogP contribution is -2.29. The van der Waals surface area contributed by atoms with Gasteiger partial charge in [0.05, 0.1) is 13.2 Å². The molecule has 0 unspecified atom stereocenters. The Bertz CT molecular complexity index is 506. The van der Waals surface area contributed by atoms with Gasteiger partial charge in [0.2, 0.25) is 0 Å². The Hall–Kier alpha value is -2.12. The molecule has 0 heterocycles. The second kappa shape index (κ2) is 17.0. The molecule has 0 aliphatic carbocycles. The normalized spacial score (nSPS) is 10.1. The zero-order valence-electron chi connectivity index (χ0n) is 16.8. The third-order valence-electron chi connectivity index (χ3n) is 4.17. The number of unbranched alkanes of at least 4 members (excludes halogenated alkanes) is 5. The van der Waals surface area contributed by atoms with E-state index in [4.69, 9.17) is 20.4 Å². The number of hydrogen-bond acceptors (Lipinski definition) is 5.